The number of carbonyl (C=O) groups excluding carboxylic acids is 1. The number of aromatic nitrogens is 3. The molecule has 1 aromatic rings. The Morgan fingerprint density at radius 2 is 1.95 bits per heavy atom. The lowest BCUT2D eigenvalue weighted by atomic mass is 10.4. The van der Waals surface area contributed by atoms with Gasteiger partial charge in [-0.2, -0.15) is 13.2 Å². The smallest absolute Gasteiger partial charge is 0.378 e. The summed E-state index contributed by atoms with van der Waals surface area (Å²) in [5, 5.41) is 3.18. The van der Waals surface area contributed by atoms with Gasteiger partial charge in [-0.3, -0.25) is 9.36 Å². The molecule has 0 N–H and O–H groups in total. The van der Waals surface area contributed by atoms with Crippen LogP contribution in [0.25, 0.3) is 0 Å². The predicted octanol–water partition coefficient (Wildman–Crippen LogP) is -0.541. The van der Waals surface area contributed by atoms with Crippen molar-refractivity contribution in [3.8, 4) is 0 Å². The van der Waals surface area contributed by atoms with Crippen molar-refractivity contribution in [3.63, 3.8) is 0 Å². The molecule has 1 aliphatic heterocycles. The Bertz CT molecular complexity index is 557. The molecule has 0 spiro atoms. The first-order chi connectivity index (χ1) is 9.30. The van der Waals surface area contributed by atoms with E-state index in [4.69, 9.17) is 4.74 Å². The van der Waals surface area contributed by atoms with Crippen molar-refractivity contribution in [1.82, 2.24) is 19.2 Å². The summed E-state index contributed by atoms with van der Waals surface area (Å²) in [5.74, 6) is -1.78. The van der Waals surface area contributed by atoms with Gasteiger partial charge in [0.05, 0.1) is 13.2 Å². The van der Waals surface area contributed by atoms with Gasteiger partial charge in [0.25, 0.3) is 0 Å². The van der Waals surface area contributed by atoms with E-state index in [-0.39, 0.29) is 0 Å². The highest BCUT2D eigenvalue weighted by Gasteiger charge is 2.38. The summed E-state index contributed by atoms with van der Waals surface area (Å²) < 4.78 is 43.7. The van der Waals surface area contributed by atoms with Crippen molar-refractivity contribution in [2.45, 2.75) is 12.7 Å². The Morgan fingerprint density at radius 3 is 2.45 bits per heavy atom. The fourth-order valence-corrected chi connectivity index (χ4v) is 1.88. The van der Waals surface area contributed by atoms with Gasteiger partial charge in [0, 0.05) is 20.1 Å². The molecule has 1 fully saturated rings. The standard InChI is InChI=1S/C10H13F3N4O3/c1-15-8(10(11,12)13)14-17(9(15)19)6-7(18)16-2-4-20-5-3-16/h2-6H2,1H3. The number of alkyl halides is 3. The fourth-order valence-electron chi connectivity index (χ4n) is 1.88. The Morgan fingerprint density at radius 1 is 1.35 bits per heavy atom. The average Bonchev–Trinajstić information content (AvgIpc) is 2.68. The van der Waals surface area contributed by atoms with Gasteiger partial charge < -0.3 is 9.64 Å². The zero-order valence-corrected chi connectivity index (χ0v) is 10.7. The summed E-state index contributed by atoms with van der Waals surface area (Å²) in [5.41, 5.74) is -0.973. The molecule has 0 unspecified atom stereocenters. The first kappa shape index (κ1) is 14.6. The van der Waals surface area contributed by atoms with Crippen LogP contribution in [0.5, 0.6) is 0 Å². The number of hydrogen-bond acceptors (Lipinski definition) is 4. The van der Waals surface area contributed by atoms with E-state index in [1.165, 1.54) is 4.90 Å². The van der Waals surface area contributed by atoms with Gasteiger partial charge in [0.2, 0.25) is 11.7 Å². The van der Waals surface area contributed by atoms with Gasteiger partial charge in [0.1, 0.15) is 6.54 Å². The van der Waals surface area contributed by atoms with Crippen molar-refractivity contribution in [3.05, 3.63) is 16.3 Å². The lowest BCUT2D eigenvalue weighted by Gasteiger charge is -2.26. The van der Waals surface area contributed by atoms with Gasteiger partial charge >= 0.3 is 11.9 Å². The Labute approximate surface area is 111 Å². The van der Waals surface area contributed by atoms with Gasteiger partial charge in [-0.1, -0.05) is 0 Å². The van der Waals surface area contributed by atoms with E-state index in [0.717, 1.165) is 7.05 Å². The molecular weight excluding hydrogens is 281 g/mol. The minimum atomic E-state index is -4.73. The molecule has 7 nitrogen and oxygen atoms in total. The molecule has 0 aliphatic carbocycles. The topological polar surface area (TPSA) is 69.4 Å². The number of carbonyl (C=O) groups is 1. The second-order valence-electron chi connectivity index (χ2n) is 4.31. The van der Waals surface area contributed by atoms with E-state index in [1.54, 1.807) is 0 Å². The minimum absolute atomic E-state index is 0.354. The monoisotopic (exact) mass is 294 g/mol. The van der Waals surface area contributed by atoms with Crippen LogP contribution in [0, 0.1) is 0 Å². The summed E-state index contributed by atoms with van der Waals surface area (Å²) in [6, 6.07) is 0. The lowest BCUT2D eigenvalue weighted by Crippen LogP contribution is -2.43. The molecule has 10 heteroatoms. The number of hydrogen-bond donors (Lipinski definition) is 0. The van der Waals surface area contributed by atoms with Gasteiger partial charge in [-0.25, -0.2) is 9.48 Å². The SMILES string of the molecule is Cn1c(C(F)(F)F)nn(CC(=O)N2CCOCC2)c1=O. The summed E-state index contributed by atoms with van der Waals surface area (Å²) in [6.45, 7) is 0.940. The van der Waals surface area contributed by atoms with Crippen molar-refractivity contribution < 1.29 is 22.7 Å². The van der Waals surface area contributed by atoms with Crippen LogP contribution in [0.15, 0.2) is 4.79 Å². The predicted molar refractivity (Wildman–Crippen MR) is 59.9 cm³/mol. The number of morpholine rings is 1. The molecular formula is C10H13F3N4O3. The van der Waals surface area contributed by atoms with Crippen LogP contribution in [-0.2, 0) is 29.3 Å². The Hall–Kier alpha value is -1.84. The van der Waals surface area contributed by atoms with Crippen LogP contribution in [0.2, 0.25) is 0 Å². The van der Waals surface area contributed by atoms with Crippen LogP contribution in [0.4, 0.5) is 13.2 Å². The fraction of sp³-hybridized carbons (Fsp3) is 0.700. The molecule has 1 aromatic heterocycles. The van der Waals surface area contributed by atoms with Crippen LogP contribution < -0.4 is 5.69 Å². The van der Waals surface area contributed by atoms with Gasteiger partial charge in [-0.05, 0) is 0 Å². The quantitative estimate of drug-likeness (QED) is 0.734. The zero-order chi connectivity index (χ0) is 14.9. The van der Waals surface area contributed by atoms with E-state index in [1.807, 2.05) is 0 Å². The number of ether oxygens (including phenoxy) is 1. The first-order valence-corrected chi connectivity index (χ1v) is 5.87. The highest BCUT2D eigenvalue weighted by atomic mass is 19.4. The zero-order valence-electron chi connectivity index (χ0n) is 10.7. The van der Waals surface area contributed by atoms with Crippen molar-refractivity contribution in [2.75, 3.05) is 26.3 Å². The third-order valence-corrected chi connectivity index (χ3v) is 2.94. The lowest BCUT2D eigenvalue weighted by molar-refractivity contribution is -0.147. The molecule has 1 aliphatic rings. The molecule has 1 saturated heterocycles. The number of rotatable bonds is 2. The maximum absolute atomic E-state index is 12.6. The van der Waals surface area contributed by atoms with Crippen molar-refractivity contribution in [1.29, 1.82) is 0 Å². The Balaban J connectivity index is 2.17. The molecule has 112 valence electrons. The highest BCUT2D eigenvalue weighted by Crippen LogP contribution is 2.25. The van der Waals surface area contributed by atoms with E-state index < -0.39 is 30.1 Å². The number of nitrogens with zero attached hydrogens (tertiary/aromatic N) is 4. The second-order valence-corrected chi connectivity index (χ2v) is 4.31. The van der Waals surface area contributed by atoms with Crippen LogP contribution in [0.3, 0.4) is 0 Å². The van der Waals surface area contributed by atoms with Crippen LogP contribution in [-0.4, -0.2) is 51.5 Å². The van der Waals surface area contributed by atoms with Crippen LogP contribution in [0.1, 0.15) is 5.82 Å². The summed E-state index contributed by atoms with van der Waals surface area (Å²) in [4.78, 5) is 24.9. The molecule has 2 heterocycles. The minimum Gasteiger partial charge on any atom is -0.378 e. The average molecular weight is 294 g/mol. The Kier molecular flexibility index (Phi) is 3.84. The molecule has 2 rings (SSSR count). The number of halogens is 3. The second kappa shape index (κ2) is 5.27. The largest absolute Gasteiger partial charge is 0.451 e. The van der Waals surface area contributed by atoms with Gasteiger partial charge in [0.15, 0.2) is 0 Å². The first-order valence-electron chi connectivity index (χ1n) is 5.87. The maximum atomic E-state index is 12.6. The van der Waals surface area contributed by atoms with E-state index in [9.17, 15) is 22.8 Å². The molecule has 0 bridgehead atoms. The number of amides is 1. The molecule has 0 saturated carbocycles. The summed E-state index contributed by atoms with van der Waals surface area (Å²) >= 11 is 0. The molecule has 0 atom stereocenters. The van der Waals surface area contributed by atoms with Crippen molar-refractivity contribution in [2.24, 2.45) is 7.05 Å². The highest BCUT2D eigenvalue weighted by molar-refractivity contribution is 5.75. The molecule has 0 aromatic carbocycles. The van der Waals surface area contributed by atoms with Crippen molar-refractivity contribution >= 4 is 5.91 Å². The molecule has 0 radical (unpaired) electrons. The molecule has 20 heavy (non-hydrogen) atoms. The van der Waals surface area contributed by atoms with E-state index in [0.29, 0.717) is 35.6 Å². The maximum Gasteiger partial charge on any atom is 0.451 e. The third kappa shape index (κ3) is 2.84. The molecule has 1 amide bonds. The normalized spacial score (nSPS) is 16.5. The van der Waals surface area contributed by atoms with E-state index >= 15 is 0 Å². The summed E-state index contributed by atoms with van der Waals surface area (Å²) in [6.07, 6.45) is -4.73. The van der Waals surface area contributed by atoms with E-state index in [2.05, 4.69) is 5.10 Å². The third-order valence-electron chi connectivity index (χ3n) is 2.94. The van der Waals surface area contributed by atoms with Crippen LogP contribution >= 0.6 is 0 Å². The van der Waals surface area contributed by atoms with Gasteiger partial charge in [-0.15, -0.1) is 5.10 Å². The summed E-state index contributed by atoms with van der Waals surface area (Å²) in [7, 11) is 0.966.